The topological polar surface area (TPSA) is 149 Å². The second-order valence-corrected chi connectivity index (χ2v) is 8.83. The first-order chi connectivity index (χ1) is 16.0. The SMILES string of the molecule is COc1ccc(-c2cnc(N)nc2C(F)(F)F)cc1S(=O)(=O)Nc1cnc2c(c1)C(=O)NCC2. The van der Waals surface area contributed by atoms with Crippen molar-refractivity contribution in [2.45, 2.75) is 17.5 Å². The number of ether oxygens (including phenoxy) is 1. The molecule has 0 saturated carbocycles. The van der Waals surface area contributed by atoms with Crippen molar-refractivity contribution in [3.8, 4) is 16.9 Å². The van der Waals surface area contributed by atoms with Crippen LogP contribution in [0, 0.1) is 0 Å². The Balaban J connectivity index is 1.77. The molecule has 3 aromatic rings. The summed E-state index contributed by atoms with van der Waals surface area (Å²) in [4.78, 5) is 22.6. The molecule has 2 aromatic heterocycles. The number of aromatic nitrogens is 3. The molecule has 178 valence electrons. The molecular weight excluding hydrogens is 477 g/mol. The number of anilines is 2. The number of hydrogen-bond acceptors (Lipinski definition) is 8. The van der Waals surface area contributed by atoms with Gasteiger partial charge in [0.25, 0.3) is 15.9 Å². The summed E-state index contributed by atoms with van der Waals surface area (Å²) in [5.74, 6) is -1.09. The van der Waals surface area contributed by atoms with E-state index in [1.54, 1.807) is 0 Å². The van der Waals surface area contributed by atoms with Crippen LogP contribution in [-0.2, 0) is 22.6 Å². The smallest absolute Gasteiger partial charge is 0.434 e. The lowest BCUT2D eigenvalue weighted by Gasteiger charge is -2.18. The maximum atomic E-state index is 13.5. The Morgan fingerprint density at radius 1 is 1.15 bits per heavy atom. The second-order valence-electron chi connectivity index (χ2n) is 7.18. The highest BCUT2D eigenvalue weighted by Gasteiger charge is 2.37. The molecule has 10 nitrogen and oxygen atoms in total. The van der Waals surface area contributed by atoms with E-state index in [4.69, 9.17) is 10.5 Å². The summed E-state index contributed by atoms with van der Waals surface area (Å²) >= 11 is 0. The molecule has 0 fully saturated rings. The van der Waals surface area contributed by atoms with Crippen LogP contribution in [0.3, 0.4) is 0 Å². The average molecular weight is 494 g/mol. The van der Waals surface area contributed by atoms with E-state index in [1.807, 2.05) is 0 Å². The molecule has 0 aliphatic carbocycles. The van der Waals surface area contributed by atoms with E-state index in [1.165, 1.54) is 31.5 Å². The third-order valence-electron chi connectivity index (χ3n) is 4.95. The number of halogens is 3. The number of amides is 1. The lowest BCUT2D eigenvalue weighted by atomic mass is 10.1. The summed E-state index contributed by atoms with van der Waals surface area (Å²) in [5.41, 5.74) is 4.14. The van der Waals surface area contributed by atoms with Crippen LogP contribution in [0.15, 0.2) is 41.6 Å². The number of methoxy groups -OCH3 is 1. The summed E-state index contributed by atoms with van der Waals surface area (Å²) in [6.07, 6.45) is -2.25. The highest BCUT2D eigenvalue weighted by molar-refractivity contribution is 7.92. The molecule has 4 rings (SSSR count). The van der Waals surface area contributed by atoms with Crippen molar-refractivity contribution in [1.29, 1.82) is 0 Å². The third-order valence-corrected chi connectivity index (χ3v) is 6.36. The molecule has 0 bridgehead atoms. The quantitative estimate of drug-likeness (QED) is 0.489. The number of carbonyl (C=O) groups excluding carboxylic acids is 1. The van der Waals surface area contributed by atoms with E-state index in [-0.39, 0.29) is 22.6 Å². The van der Waals surface area contributed by atoms with Gasteiger partial charge in [-0.1, -0.05) is 6.07 Å². The molecule has 1 amide bonds. The molecule has 0 radical (unpaired) electrons. The predicted molar refractivity (Wildman–Crippen MR) is 115 cm³/mol. The summed E-state index contributed by atoms with van der Waals surface area (Å²) in [6, 6.07) is 4.79. The van der Waals surface area contributed by atoms with Gasteiger partial charge in [-0.05, 0) is 23.8 Å². The van der Waals surface area contributed by atoms with Gasteiger partial charge >= 0.3 is 6.18 Å². The van der Waals surface area contributed by atoms with Crippen molar-refractivity contribution in [3.63, 3.8) is 0 Å². The maximum Gasteiger partial charge on any atom is 0.434 e. The molecular formula is C20H17F3N6O4S. The van der Waals surface area contributed by atoms with Crippen molar-refractivity contribution in [2.75, 3.05) is 24.1 Å². The Hall–Kier alpha value is -3.94. The van der Waals surface area contributed by atoms with Crippen molar-refractivity contribution in [1.82, 2.24) is 20.3 Å². The lowest BCUT2D eigenvalue weighted by molar-refractivity contribution is -0.140. The zero-order valence-corrected chi connectivity index (χ0v) is 18.3. The van der Waals surface area contributed by atoms with Crippen LogP contribution in [0.1, 0.15) is 21.7 Å². The van der Waals surface area contributed by atoms with Crippen LogP contribution < -0.4 is 20.5 Å². The summed E-state index contributed by atoms with van der Waals surface area (Å²) < 4.78 is 74.2. The molecule has 0 spiro atoms. The number of fused-ring (bicyclic) bond motifs is 1. The molecule has 0 atom stereocenters. The molecule has 34 heavy (non-hydrogen) atoms. The van der Waals surface area contributed by atoms with Gasteiger partial charge in [-0.15, -0.1) is 0 Å². The molecule has 14 heteroatoms. The summed E-state index contributed by atoms with van der Waals surface area (Å²) in [6.45, 7) is 0.419. The monoisotopic (exact) mass is 494 g/mol. The highest BCUT2D eigenvalue weighted by Crippen LogP contribution is 2.38. The molecule has 1 aromatic carbocycles. The molecule has 3 heterocycles. The predicted octanol–water partition coefficient (Wildman–Crippen LogP) is 2.23. The van der Waals surface area contributed by atoms with Crippen LogP contribution in [-0.4, -0.2) is 42.9 Å². The van der Waals surface area contributed by atoms with Crippen LogP contribution in [0.5, 0.6) is 5.75 Å². The van der Waals surface area contributed by atoms with Gasteiger partial charge in [-0.25, -0.2) is 18.4 Å². The largest absolute Gasteiger partial charge is 0.495 e. The number of pyridine rings is 1. The minimum absolute atomic E-state index is 0.00458. The Morgan fingerprint density at radius 3 is 2.62 bits per heavy atom. The van der Waals surface area contributed by atoms with Crippen molar-refractivity contribution in [2.24, 2.45) is 0 Å². The minimum atomic E-state index is -4.86. The number of nitrogens with one attached hydrogen (secondary N) is 2. The van der Waals surface area contributed by atoms with Crippen molar-refractivity contribution in [3.05, 3.63) is 53.6 Å². The van der Waals surface area contributed by atoms with E-state index in [0.717, 1.165) is 12.3 Å². The molecule has 0 saturated heterocycles. The van der Waals surface area contributed by atoms with E-state index in [0.29, 0.717) is 18.7 Å². The standard InChI is InChI=1S/C20H17F3N6O4S/c1-33-15-3-2-10(13-9-27-19(24)28-17(13)20(21,22)23)6-16(15)34(31,32)29-11-7-12-14(26-8-11)4-5-25-18(12)30/h2-3,6-9,29H,4-5H2,1H3,(H,25,30)(H2,24,27,28). The normalized spacial score (nSPS) is 13.7. The zero-order chi connectivity index (χ0) is 24.7. The fourth-order valence-electron chi connectivity index (χ4n) is 3.42. The fourth-order valence-corrected chi connectivity index (χ4v) is 4.65. The Bertz CT molecular complexity index is 1400. The van der Waals surface area contributed by atoms with Crippen molar-refractivity contribution >= 4 is 27.6 Å². The van der Waals surface area contributed by atoms with E-state index >= 15 is 0 Å². The van der Waals surface area contributed by atoms with Gasteiger partial charge in [-0.3, -0.25) is 14.5 Å². The van der Waals surface area contributed by atoms with E-state index in [9.17, 15) is 26.4 Å². The highest BCUT2D eigenvalue weighted by atomic mass is 32.2. The number of alkyl halides is 3. The van der Waals surface area contributed by atoms with Gasteiger partial charge in [0.05, 0.1) is 30.3 Å². The van der Waals surface area contributed by atoms with Gasteiger partial charge in [0.15, 0.2) is 5.69 Å². The Labute approximate surface area is 191 Å². The zero-order valence-electron chi connectivity index (χ0n) is 17.5. The molecule has 0 unspecified atom stereocenters. The van der Waals surface area contributed by atoms with Crippen LogP contribution >= 0.6 is 0 Å². The maximum absolute atomic E-state index is 13.5. The minimum Gasteiger partial charge on any atom is -0.495 e. The summed E-state index contributed by atoms with van der Waals surface area (Å²) in [7, 11) is -3.17. The number of sulfonamides is 1. The van der Waals surface area contributed by atoms with E-state index in [2.05, 4.69) is 25.0 Å². The van der Waals surface area contributed by atoms with E-state index < -0.39 is 44.2 Å². The lowest BCUT2D eigenvalue weighted by Crippen LogP contribution is -2.32. The average Bonchev–Trinajstić information content (AvgIpc) is 2.78. The van der Waals surface area contributed by atoms with Crippen LogP contribution in [0.4, 0.5) is 24.8 Å². The summed E-state index contributed by atoms with van der Waals surface area (Å²) in [5, 5.41) is 2.64. The van der Waals surface area contributed by atoms with Gasteiger partial charge in [-0.2, -0.15) is 13.2 Å². The Morgan fingerprint density at radius 2 is 1.91 bits per heavy atom. The first-order valence-corrected chi connectivity index (χ1v) is 11.2. The second kappa shape index (κ2) is 8.44. The van der Waals surface area contributed by atoms with Crippen LogP contribution in [0.2, 0.25) is 0 Å². The fraction of sp³-hybridized carbons (Fsp3) is 0.200. The number of nitrogen functional groups attached to an aromatic ring is 1. The number of nitrogens with two attached hydrogens (primary N) is 1. The number of hydrogen-bond donors (Lipinski definition) is 3. The third kappa shape index (κ3) is 4.44. The number of carbonyl (C=O) groups is 1. The first-order valence-electron chi connectivity index (χ1n) is 9.67. The number of nitrogens with zero attached hydrogens (tertiary/aromatic N) is 3. The van der Waals surface area contributed by atoms with Crippen LogP contribution in [0.25, 0.3) is 11.1 Å². The van der Waals surface area contributed by atoms with Gasteiger partial charge in [0, 0.05) is 24.7 Å². The molecule has 1 aliphatic rings. The van der Waals surface area contributed by atoms with Gasteiger partial charge in [0.2, 0.25) is 5.95 Å². The van der Waals surface area contributed by atoms with Gasteiger partial charge < -0.3 is 15.8 Å². The first kappa shape index (κ1) is 23.2. The Kier molecular flexibility index (Phi) is 5.77. The van der Waals surface area contributed by atoms with Crippen molar-refractivity contribution < 1.29 is 31.1 Å². The molecule has 4 N–H and O–H groups in total. The number of benzene rings is 1. The van der Waals surface area contributed by atoms with Gasteiger partial charge in [0.1, 0.15) is 10.6 Å². The number of rotatable bonds is 5. The molecule has 1 aliphatic heterocycles.